The zero-order valence-electron chi connectivity index (χ0n) is 27.6. The lowest BCUT2D eigenvalue weighted by Gasteiger charge is -2.12. The van der Waals surface area contributed by atoms with E-state index in [1.54, 1.807) is 0 Å². The summed E-state index contributed by atoms with van der Waals surface area (Å²) >= 11 is 0. The molecule has 1 aliphatic rings. The van der Waals surface area contributed by atoms with E-state index in [0.717, 1.165) is 18.5 Å². The van der Waals surface area contributed by atoms with E-state index in [1.165, 1.54) is 82.7 Å². The molecule has 0 saturated carbocycles. The molecule has 9 aromatic rings. The number of fused-ring (bicyclic) bond motifs is 7. The largest absolute Gasteiger partial charge is 0.309 e. The highest BCUT2D eigenvalue weighted by molar-refractivity contribution is 6.28. The summed E-state index contributed by atoms with van der Waals surface area (Å²) in [5.74, 6) is 0. The standard InChI is InChI=1S/C48H34N2/c1-3-13-33(14-4-1)36-17-11-18-37(31-36)35-25-27-39(28-26-35)49-43-23-9-7-21-41(43)47-45(49)29-30-46-48(47)42-22-8-10-24-44(42)50(46)40-20-12-19-38(32-40)34-15-5-2-6-16-34/h1,3-5,7-32H,2,6H2. The Morgan fingerprint density at radius 3 is 1.58 bits per heavy atom. The third-order valence-corrected chi connectivity index (χ3v) is 10.3. The summed E-state index contributed by atoms with van der Waals surface area (Å²) in [5, 5.41) is 5.13. The average Bonchev–Trinajstić information content (AvgIpc) is 3.72. The van der Waals surface area contributed by atoms with E-state index >= 15 is 0 Å². The maximum absolute atomic E-state index is 2.45. The molecule has 0 aliphatic heterocycles. The van der Waals surface area contributed by atoms with Crippen molar-refractivity contribution < 1.29 is 0 Å². The molecule has 0 radical (unpaired) electrons. The van der Waals surface area contributed by atoms with Crippen molar-refractivity contribution in [2.45, 2.75) is 12.8 Å². The summed E-state index contributed by atoms with van der Waals surface area (Å²) in [4.78, 5) is 0. The molecule has 236 valence electrons. The fourth-order valence-corrected chi connectivity index (χ4v) is 8.04. The van der Waals surface area contributed by atoms with E-state index in [-0.39, 0.29) is 0 Å². The minimum atomic E-state index is 1.09. The number of para-hydroxylation sites is 2. The Labute approximate surface area is 291 Å². The second-order valence-electron chi connectivity index (χ2n) is 13.2. The molecule has 0 saturated heterocycles. The number of nitrogens with zero attached hydrogens (tertiary/aromatic N) is 2. The molecule has 10 rings (SSSR count). The van der Waals surface area contributed by atoms with Crippen LogP contribution in [0.25, 0.3) is 82.8 Å². The molecule has 2 heteroatoms. The van der Waals surface area contributed by atoms with Gasteiger partial charge in [0.15, 0.2) is 0 Å². The fraction of sp³-hybridized carbons (Fsp3) is 0.0417. The summed E-state index contributed by atoms with van der Waals surface area (Å²) in [6.07, 6.45) is 9.12. The second kappa shape index (κ2) is 11.6. The highest BCUT2D eigenvalue weighted by Gasteiger charge is 2.20. The van der Waals surface area contributed by atoms with Gasteiger partial charge in [0.2, 0.25) is 0 Å². The highest BCUT2D eigenvalue weighted by Crippen LogP contribution is 2.42. The Morgan fingerprint density at radius 2 is 0.920 bits per heavy atom. The molecule has 50 heavy (non-hydrogen) atoms. The molecular formula is C48H34N2. The third kappa shape index (κ3) is 4.57. The van der Waals surface area contributed by atoms with Crippen LogP contribution >= 0.6 is 0 Å². The average molecular weight is 639 g/mol. The van der Waals surface area contributed by atoms with Crippen LogP contribution in [0.3, 0.4) is 0 Å². The zero-order chi connectivity index (χ0) is 33.0. The Bertz CT molecular complexity index is 2790. The van der Waals surface area contributed by atoms with E-state index in [1.807, 2.05) is 0 Å². The van der Waals surface area contributed by atoms with E-state index < -0.39 is 0 Å². The van der Waals surface area contributed by atoms with Crippen molar-refractivity contribution in [1.82, 2.24) is 9.13 Å². The Hall–Kier alpha value is -6.38. The van der Waals surface area contributed by atoms with Crippen molar-refractivity contribution >= 4 is 49.2 Å². The number of benzene rings is 7. The summed E-state index contributed by atoms with van der Waals surface area (Å²) < 4.78 is 4.88. The summed E-state index contributed by atoms with van der Waals surface area (Å²) in [5.41, 5.74) is 14.7. The monoisotopic (exact) mass is 638 g/mol. The van der Waals surface area contributed by atoms with Gasteiger partial charge in [-0.25, -0.2) is 0 Å². The Kier molecular flexibility index (Phi) is 6.67. The molecule has 0 unspecified atom stereocenters. The van der Waals surface area contributed by atoms with Gasteiger partial charge in [-0.3, -0.25) is 0 Å². The van der Waals surface area contributed by atoms with Crippen molar-refractivity contribution in [3.8, 4) is 33.6 Å². The van der Waals surface area contributed by atoms with E-state index in [4.69, 9.17) is 0 Å². The summed E-state index contributed by atoms with van der Waals surface area (Å²) in [6.45, 7) is 0. The molecule has 0 N–H and O–H groups in total. The van der Waals surface area contributed by atoms with Gasteiger partial charge in [0.25, 0.3) is 0 Å². The van der Waals surface area contributed by atoms with Crippen LogP contribution < -0.4 is 0 Å². The molecule has 7 aromatic carbocycles. The minimum absolute atomic E-state index is 1.09. The van der Waals surface area contributed by atoms with E-state index in [0.29, 0.717) is 0 Å². The predicted octanol–water partition coefficient (Wildman–Crippen LogP) is 12.9. The number of rotatable bonds is 5. The predicted molar refractivity (Wildman–Crippen MR) is 212 cm³/mol. The first kappa shape index (κ1) is 28.6. The lowest BCUT2D eigenvalue weighted by Crippen LogP contribution is -1.96. The molecule has 0 amide bonds. The van der Waals surface area contributed by atoms with Gasteiger partial charge in [-0.2, -0.15) is 0 Å². The van der Waals surface area contributed by atoms with Crippen molar-refractivity contribution in [3.63, 3.8) is 0 Å². The third-order valence-electron chi connectivity index (χ3n) is 10.3. The first-order valence-electron chi connectivity index (χ1n) is 17.5. The molecule has 0 spiro atoms. The number of allylic oxidation sites excluding steroid dienone is 4. The minimum Gasteiger partial charge on any atom is -0.309 e. The molecule has 0 atom stereocenters. The quantitative estimate of drug-likeness (QED) is 0.178. The van der Waals surface area contributed by atoms with Gasteiger partial charge in [-0.15, -0.1) is 0 Å². The van der Waals surface area contributed by atoms with Crippen molar-refractivity contribution in [2.24, 2.45) is 0 Å². The first-order chi connectivity index (χ1) is 24.8. The van der Waals surface area contributed by atoms with Crippen LogP contribution in [0.5, 0.6) is 0 Å². The second-order valence-corrected chi connectivity index (χ2v) is 13.2. The van der Waals surface area contributed by atoms with Crippen molar-refractivity contribution in [2.75, 3.05) is 0 Å². The van der Waals surface area contributed by atoms with Gasteiger partial charge in [0.1, 0.15) is 0 Å². The maximum atomic E-state index is 2.45. The zero-order valence-corrected chi connectivity index (χ0v) is 27.6. The Morgan fingerprint density at radius 1 is 0.360 bits per heavy atom. The molecule has 1 aliphatic carbocycles. The fourth-order valence-electron chi connectivity index (χ4n) is 8.04. The molecule has 2 heterocycles. The molecule has 0 fully saturated rings. The van der Waals surface area contributed by atoms with E-state index in [9.17, 15) is 0 Å². The lowest BCUT2D eigenvalue weighted by molar-refractivity contribution is 1.04. The van der Waals surface area contributed by atoms with Gasteiger partial charge < -0.3 is 9.13 Å². The smallest absolute Gasteiger partial charge is 0.0548 e. The Balaban J connectivity index is 1.15. The van der Waals surface area contributed by atoms with Crippen LogP contribution in [0.2, 0.25) is 0 Å². The van der Waals surface area contributed by atoms with E-state index in [2.05, 4.69) is 191 Å². The summed E-state index contributed by atoms with van der Waals surface area (Å²) in [6, 6.07) is 59.9. The van der Waals surface area contributed by atoms with Crippen LogP contribution in [0.15, 0.2) is 182 Å². The van der Waals surface area contributed by atoms with Gasteiger partial charge >= 0.3 is 0 Å². The number of aromatic nitrogens is 2. The molecular weight excluding hydrogens is 605 g/mol. The van der Waals surface area contributed by atoms with Gasteiger partial charge in [0, 0.05) is 32.9 Å². The van der Waals surface area contributed by atoms with Crippen LogP contribution in [-0.4, -0.2) is 9.13 Å². The van der Waals surface area contributed by atoms with Crippen molar-refractivity contribution in [1.29, 1.82) is 0 Å². The molecule has 2 aromatic heterocycles. The highest BCUT2D eigenvalue weighted by atomic mass is 15.0. The van der Waals surface area contributed by atoms with Crippen LogP contribution in [-0.2, 0) is 0 Å². The van der Waals surface area contributed by atoms with Crippen LogP contribution in [0.1, 0.15) is 18.4 Å². The summed E-state index contributed by atoms with van der Waals surface area (Å²) in [7, 11) is 0. The SMILES string of the molecule is C1=CC(c2cccc(-n3c4ccccc4c4c5c6ccccc6n(-c6ccc(-c7cccc(-c8ccccc8)c7)cc6)c5ccc43)c2)=CCC1. The van der Waals surface area contributed by atoms with Crippen LogP contribution in [0.4, 0.5) is 0 Å². The van der Waals surface area contributed by atoms with Crippen molar-refractivity contribution in [3.05, 3.63) is 188 Å². The maximum Gasteiger partial charge on any atom is 0.0548 e. The first-order valence-corrected chi connectivity index (χ1v) is 17.5. The van der Waals surface area contributed by atoms with Crippen LogP contribution in [0, 0.1) is 0 Å². The molecule has 0 bridgehead atoms. The number of hydrogen-bond acceptors (Lipinski definition) is 0. The normalized spacial score (nSPS) is 13.1. The topological polar surface area (TPSA) is 9.86 Å². The number of hydrogen-bond donors (Lipinski definition) is 0. The molecule has 2 nitrogen and oxygen atoms in total. The van der Waals surface area contributed by atoms with Gasteiger partial charge in [0.05, 0.1) is 22.1 Å². The lowest BCUT2D eigenvalue weighted by atomic mass is 9.99. The van der Waals surface area contributed by atoms with Gasteiger partial charge in [-0.05, 0) is 101 Å². The van der Waals surface area contributed by atoms with Gasteiger partial charge in [-0.1, -0.05) is 127 Å².